The number of carbonyl (C=O) groups is 2. The summed E-state index contributed by atoms with van der Waals surface area (Å²) in [5, 5.41) is 3.84. The van der Waals surface area contributed by atoms with Crippen molar-refractivity contribution in [1.82, 2.24) is 10.2 Å². The molecule has 0 saturated heterocycles. The highest BCUT2D eigenvalue weighted by molar-refractivity contribution is 9.10. The predicted octanol–water partition coefficient (Wildman–Crippen LogP) is 5.47. The summed E-state index contributed by atoms with van der Waals surface area (Å²) in [4.78, 5) is 27.2. The van der Waals surface area contributed by atoms with Gasteiger partial charge in [-0.2, -0.15) is 0 Å². The fourth-order valence-electron chi connectivity index (χ4n) is 2.67. The molecule has 2 amide bonds. The van der Waals surface area contributed by atoms with Gasteiger partial charge in [-0.1, -0.05) is 64.3 Å². The maximum atomic E-state index is 13.0. The maximum absolute atomic E-state index is 13.0. The number of benzene rings is 2. The van der Waals surface area contributed by atoms with E-state index in [1.54, 1.807) is 31.2 Å². The first kappa shape index (κ1) is 24.5. The molecule has 0 aliphatic rings. The second-order valence-corrected chi connectivity index (χ2v) is 8.70. The fraction of sp³-hybridized carbons (Fsp3) is 0.364. The molecule has 0 aromatic heterocycles. The number of carbonyl (C=O) groups excluding carboxylic acids is 2. The summed E-state index contributed by atoms with van der Waals surface area (Å²) in [5.74, 6) is -0.185. The van der Waals surface area contributed by atoms with Gasteiger partial charge in [-0.25, -0.2) is 0 Å². The van der Waals surface area contributed by atoms with Gasteiger partial charge in [-0.05, 0) is 50.1 Å². The molecule has 0 aliphatic heterocycles. The Labute approximate surface area is 195 Å². The third kappa shape index (κ3) is 6.89. The van der Waals surface area contributed by atoms with Gasteiger partial charge in [0.1, 0.15) is 11.8 Å². The maximum Gasteiger partial charge on any atom is 0.261 e. The van der Waals surface area contributed by atoms with E-state index in [-0.39, 0.29) is 31.0 Å². The Morgan fingerprint density at radius 2 is 1.83 bits per heavy atom. The molecular weight excluding hydrogens is 491 g/mol. The Morgan fingerprint density at radius 3 is 2.47 bits per heavy atom. The van der Waals surface area contributed by atoms with E-state index in [0.29, 0.717) is 15.8 Å². The van der Waals surface area contributed by atoms with Crippen LogP contribution in [0.1, 0.15) is 32.8 Å². The van der Waals surface area contributed by atoms with Crippen LogP contribution in [0.25, 0.3) is 0 Å². The van der Waals surface area contributed by atoms with Crippen LogP contribution in [-0.2, 0) is 16.1 Å². The Kier molecular flexibility index (Phi) is 9.46. The number of hydrogen-bond donors (Lipinski definition) is 1. The summed E-state index contributed by atoms with van der Waals surface area (Å²) < 4.78 is 6.43. The minimum Gasteiger partial charge on any atom is -0.482 e. The van der Waals surface area contributed by atoms with Crippen LogP contribution in [0.5, 0.6) is 5.75 Å². The van der Waals surface area contributed by atoms with Gasteiger partial charge in [0.25, 0.3) is 5.91 Å². The van der Waals surface area contributed by atoms with Crippen LogP contribution in [-0.4, -0.2) is 35.4 Å². The van der Waals surface area contributed by atoms with Crippen molar-refractivity contribution in [2.45, 2.75) is 45.8 Å². The molecule has 5 nitrogen and oxygen atoms in total. The second kappa shape index (κ2) is 11.6. The summed E-state index contributed by atoms with van der Waals surface area (Å²) in [5.41, 5.74) is 0.748. The number of amides is 2. The molecule has 30 heavy (non-hydrogen) atoms. The molecule has 0 bridgehead atoms. The molecule has 1 N–H and O–H groups in total. The van der Waals surface area contributed by atoms with Gasteiger partial charge in [0.05, 0.1) is 5.02 Å². The molecule has 2 aromatic carbocycles. The van der Waals surface area contributed by atoms with Gasteiger partial charge in [0.15, 0.2) is 6.61 Å². The second-order valence-electron chi connectivity index (χ2n) is 6.97. The molecule has 0 radical (unpaired) electrons. The van der Waals surface area contributed by atoms with E-state index in [0.717, 1.165) is 16.5 Å². The van der Waals surface area contributed by atoms with E-state index < -0.39 is 6.04 Å². The summed E-state index contributed by atoms with van der Waals surface area (Å²) in [6.07, 6.45) is 0.794. The van der Waals surface area contributed by atoms with Crippen molar-refractivity contribution in [1.29, 1.82) is 0 Å². The van der Waals surface area contributed by atoms with Gasteiger partial charge in [0, 0.05) is 22.1 Å². The van der Waals surface area contributed by atoms with Crippen molar-refractivity contribution >= 4 is 50.9 Å². The third-order valence-electron chi connectivity index (χ3n) is 4.71. The quantitative estimate of drug-likeness (QED) is 0.482. The third-order valence-corrected chi connectivity index (χ3v) is 5.87. The molecule has 162 valence electrons. The average Bonchev–Trinajstić information content (AvgIpc) is 2.71. The van der Waals surface area contributed by atoms with Gasteiger partial charge in [0.2, 0.25) is 5.91 Å². The number of nitrogens with one attached hydrogen (secondary N) is 1. The lowest BCUT2D eigenvalue weighted by molar-refractivity contribution is -0.142. The van der Waals surface area contributed by atoms with Crippen molar-refractivity contribution in [2.24, 2.45) is 0 Å². The van der Waals surface area contributed by atoms with E-state index in [1.165, 1.54) is 4.90 Å². The van der Waals surface area contributed by atoms with E-state index in [9.17, 15) is 9.59 Å². The molecule has 2 atom stereocenters. The van der Waals surface area contributed by atoms with Crippen molar-refractivity contribution < 1.29 is 14.3 Å². The van der Waals surface area contributed by atoms with Crippen molar-refractivity contribution in [3.63, 3.8) is 0 Å². The van der Waals surface area contributed by atoms with Crippen molar-refractivity contribution in [3.05, 3.63) is 62.5 Å². The summed E-state index contributed by atoms with van der Waals surface area (Å²) in [6, 6.07) is 11.7. The van der Waals surface area contributed by atoms with Crippen LogP contribution in [0.15, 0.2) is 46.9 Å². The molecule has 0 saturated carbocycles. The van der Waals surface area contributed by atoms with E-state index in [4.69, 9.17) is 27.9 Å². The smallest absolute Gasteiger partial charge is 0.261 e. The van der Waals surface area contributed by atoms with Crippen LogP contribution in [0, 0.1) is 0 Å². The highest BCUT2D eigenvalue weighted by Crippen LogP contribution is 2.28. The van der Waals surface area contributed by atoms with Crippen LogP contribution < -0.4 is 10.1 Å². The summed E-state index contributed by atoms with van der Waals surface area (Å²) >= 11 is 15.8. The molecule has 8 heteroatoms. The molecule has 0 fully saturated rings. The lowest BCUT2D eigenvalue weighted by Crippen LogP contribution is -2.50. The SMILES string of the molecule is CC[C@@H](C)NC(=O)[C@@H](C)N(Cc1ccccc1Cl)C(=O)COc1ccc(Br)cc1Cl. The average molecular weight is 516 g/mol. The van der Waals surface area contributed by atoms with Gasteiger partial charge in [-0.15, -0.1) is 0 Å². The Hall–Kier alpha value is -1.76. The number of rotatable bonds is 9. The lowest BCUT2D eigenvalue weighted by Gasteiger charge is -2.30. The highest BCUT2D eigenvalue weighted by Gasteiger charge is 2.27. The van der Waals surface area contributed by atoms with Crippen LogP contribution >= 0.6 is 39.1 Å². The molecule has 0 heterocycles. The Bertz CT molecular complexity index is 894. The normalized spacial score (nSPS) is 12.7. The van der Waals surface area contributed by atoms with E-state index in [1.807, 2.05) is 32.0 Å². The zero-order valence-corrected chi connectivity index (χ0v) is 20.2. The summed E-state index contributed by atoms with van der Waals surface area (Å²) in [7, 11) is 0. The largest absolute Gasteiger partial charge is 0.482 e. The molecular formula is C22H25BrCl2N2O3. The molecule has 2 aromatic rings. The lowest BCUT2D eigenvalue weighted by atomic mass is 10.1. The first-order chi connectivity index (χ1) is 14.2. The highest BCUT2D eigenvalue weighted by atomic mass is 79.9. The topological polar surface area (TPSA) is 58.6 Å². The van der Waals surface area contributed by atoms with Crippen molar-refractivity contribution in [2.75, 3.05) is 6.61 Å². The number of ether oxygens (including phenoxy) is 1. The van der Waals surface area contributed by atoms with E-state index in [2.05, 4.69) is 21.2 Å². The van der Waals surface area contributed by atoms with Crippen molar-refractivity contribution in [3.8, 4) is 5.75 Å². The molecule has 2 rings (SSSR count). The standard InChI is InChI=1S/C22H25BrCl2N2O3/c1-4-14(2)26-22(29)15(3)27(12-16-7-5-6-8-18(16)24)21(28)13-30-20-10-9-17(23)11-19(20)25/h5-11,14-15H,4,12-13H2,1-3H3,(H,26,29)/t14-,15-/m1/s1. The zero-order valence-electron chi connectivity index (χ0n) is 17.1. The first-order valence-corrected chi connectivity index (χ1v) is 11.2. The Morgan fingerprint density at radius 1 is 1.13 bits per heavy atom. The van der Waals surface area contributed by atoms with Crippen LogP contribution in [0.2, 0.25) is 10.0 Å². The van der Waals surface area contributed by atoms with Crippen LogP contribution in [0.4, 0.5) is 0 Å². The first-order valence-electron chi connectivity index (χ1n) is 9.64. The zero-order chi connectivity index (χ0) is 22.3. The van der Waals surface area contributed by atoms with Crippen LogP contribution in [0.3, 0.4) is 0 Å². The molecule has 0 spiro atoms. The Balaban J connectivity index is 2.19. The minimum atomic E-state index is -0.702. The molecule has 0 unspecified atom stereocenters. The van der Waals surface area contributed by atoms with Gasteiger partial charge >= 0.3 is 0 Å². The molecule has 0 aliphatic carbocycles. The monoisotopic (exact) mass is 514 g/mol. The fourth-order valence-corrected chi connectivity index (χ4v) is 3.60. The van der Waals surface area contributed by atoms with Gasteiger partial charge in [-0.3, -0.25) is 9.59 Å². The predicted molar refractivity (Wildman–Crippen MR) is 124 cm³/mol. The number of hydrogen-bond acceptors (Lipinski definition) is 3. The minimum absolute atomic E-state index is 0.00929. The summed E-state index contributed by atoms with van der Waals surface area (Å²) in [6.45, 7) is 5.53. The number of halogens is 3. The van der Waals surface area contributed by atoms with Gasteiger partial charge < -0.3 is 15.0 Å². The number of nitrogens with zero attached hydrogens (tertiary/aromatic N) is 1. The van der Waals surface area contributed by atoms with E-state index >= 15 is 0 Å².